The van der Waals surface area contributed by atoms with E-state index in [4.69, 9.17) is 11.6 Å². The monoisotopic (exact) mass is 289 g/mol. The minimum atomic E-state index is 0.532. The van der Waals surface area contributed by atoms with Crippen LogP contribution in [0.5, 0.6) is 0 Å². The molecule has 1 atom stereocenters. The maximum atomic E-state index is 5.96. The smallest absolute Gasteiger partial charge is 0.0501 e. The van der Waals surface area contributed by atoms with Crippen LogP contribution in [0.15, 0.2) is 22.7 Å². The van der Waals surface area contributed by atoms with Gasteiger partial charge >= 0.3 is 0 Å². The van der Waals surface area contributed by atoms with Crippen LogP contribution in [0.25, 0.3) is 0 Å². The van der Waals surface area contributed by atoms with E-state index in [0.717, 1.165) is 21.6 Å². The molecule has 1 aromatic rings. The Hall–Kier alpha value is -0.210. The zero-order valence-electron chi connectivity index (χ0n) is 9.19. The summed E-state index contributed by atoms with van der Waals surface area (Å²) in [4.78, 5) is 0. The summed E-state index contributed by atoms with van der Waals surface area (Å²) in [6.07, 6.45) is 3.52. The maximum absolute atomic E-state index is 5.96. The number of halogens is 2. The number of rotatable bonds is 5. The number of nitrogens with one attached hydrogen (secondary N) is 1. The van der Waals surface area contributed by atoms with Gasteiger partial charge in [-0.15, -0.1) is 0 Å². The molecule has 1 N–H and O–H groups in total. The normalized spacial score (nSPS) is 12.5. The number of hydrogen-bond acceptors (Lipinski definition) is 1. The van der Waals surface area contributed by atoms with Crippen molar-refractivity contribution in [3.8, 4) is 0 Å². The molecule has 0 saturated carbocycles. The first-order valence-corrected chi connectivity index (χ1v) is 6.56. The molecular formula is C12H17BrClN. The van der Waals surface area contributed by atoms with Crippen LogP contribution in [0, 0.1) is 0 Å². The molecule has 84 valence electrons. The van der Waals surface area contributed by atoms with Crippen molar-refractivity contribution in [2.24, 2.45) is 0 Å². The van der Waals surface area contributed by atoms with Crippen molar-refractivity contribution in [3.63, 3.8) is 0 Å². The fourth-order valence-corrected chi connectivity index (χ4v) is 2.09. The lowest BCUT2D eigenvalue weighted by atomic mass is 10.1. The molecule has 0 heterocycles. The largest absolute Gasteiger partial charge is 0.381 e. The van der Waals surface area contributed by atoms with E-state index in [1.807, 2.05) is 18.2 Å². The summed E-state index contributed by atoms with van der Waals surface area (Å²) in [5.74, 6) is 0. The standard InChI is InChI=1S/C12H17BrClN/c1-3-5-10(4-2)15-12-8-9(14)6-7-11(12)13/h6-8,10,15H,3-5H2,1-2H3. The van der Waals surface area contributed by atoms with Gasteiger partial charge in [0.25, 0.3) is 0 Å². The molecule has 0 aliphatic rings. The fraction of sp³-hybridized carbons (Fsp3) is 0.500. The molecule has 0 saturated heterocycles. The Kier molecular flexibility index (Phi) is 5.48. The van der Waals surface area contributed by atoms with Crippen LogP contribution in [0.2, 0.25) is 5.02 Å². The summed E-state index contributed by atoms with van der Waals surface area (Å²) in [7, 11) is 0. The zero-order chi connectivity index (χ0) is 11.3. The van der Waals surface area contributed by atoms with E-state index >= 15 is 0 Å². The van der Waals surface area contributed by atoms with Crippen molar-refractivity contribution in [2.45, 2.75) is 39.2 Å². The van der Waals surface area contributed by atoms with E-state index < -0.39 is 0 Å². The first-order chi connectivity index (χ1) is 7.17. The van der Waals surface area contributed by atoms with E-state index in [1.165, 1.54) is 12.8 Å². The molecule has 1 nitrogen and oxygen atoms in total. The second kappa shape index (κ2) is 6.39. The van der Waals surface area contributed by atoms with Crippen LogP contribution < -0.4 is 5.32 Å². The number of anilines is 1. The Bertz CT molecular complexity index is 314. The van der Waals surface area contributed by atoms with E-state index in [0.29, 0.717) is 6.04 Å². The quantitative estimate of drug-likeness (QED) is 0.796. The van der Waals surface area contributed by atoms with E-state index in [9.17, 15) is 0 Å². The van der Waals surface area contributed by atoms with Gasteiger partial charge in [0, 0.05) is 15.5 Å². The lowest BCUT2D eigenvalue weighted by Gasteiger charge is -2.18. The molecule has 0 aliphatic heterocycles. The molecule has 15 heavy (non-hydrogen) atoms. The third-order valence-electron chi connectivity index (χ3n) is 2.42. The molecule has 3 heteroatoms. The Labute approximate surface area is 105 Å². The van der Waals surface area contributed by atoms with E-state index in [1.54, 1.807) is 0 Å². The summed E-state index contributed by atoms with van der Waals surface area (Å²) in [5.41, 5.74) is 1.09. The van der Waals surface area contributed by atoms with Crippen LogP contribution in [0.4, 0.5) is 5.69 Å². The number of hydrogen-bond donors (Lipinski definition) is 1. The van der Waals surface area contributed by atoms with Gasteiger partial charge in [0.2, 0.25) is 0 Å². The van der Waals surface area contributed by atoms with Gasteiger partial charge in [-0.25, -0.2) is 0 Å². The van der Waals surface area contributed by atoms with Crippen LogP contribution in [0.1, 0.15) is 33.1 Å². The lowest BCUT2D eigenvalue weighted by molar-refractivity contribution is 0.622. The van der Waals surface area contributed by atoms with Crippen molar-refractivity contribution in [1.82, 2.24) is 0 Å². The third kappa shape index (κ3) is 4.04. The molecule has 0 radical (unpaired) electrons. The van der Waals surface area contributed by atoms with Crippen molar-refractivity contribution in [3.05, 3.63) is 27.7 Å². The Balaban J connectivity index is 2.73. The van der Waals surface area contributed by atoms with Crippen LogP contribution >= 0.6 is 27.5 Å². The molecule has 0 fully saturated rings. The van der Waals surface area contributed by atoms with Gasteiger partial charge in [-0.2, -0.15) is 0 Å². The van der Waals surface area contributed by atoms with Gasteiger partial charge in [0.15, 0.2) is 0 Å². The van der Waals surface area contributed by atoms with Gasteiger partial charge in [0.05, 0.1) is 5.69 Å². The summed E-state index contributed by atoms with van der Waals surface area (Å²) < 4.78 is 1.07. The zero-order valence-corrected chi connectivity index (χ0v) is 11.5. The highest BCUT2D eigenvalue weighted by molar-refractivity contribution is 9.10. The molecule has 0 bridgehead atoms. The van der Waals surface area contributed by atoms with Gasteiger partial charge in [-0.3, -0.25) is 0 Å². The second-order valence-corrected chi connectivity index (χ2v) is 4.95. The first-order valence-electron chi connectivity index (χ1n) is 5.39. The third-order valence-corrected chi connectivity index (χ3v) is 3.34. The Morgan fingerprint density at radius 2 is 2.13 bits per heavy atom. The first kappa shape index (κ1) is 12.9. The average Bonchev–Trinajstić information content (AvgIpc) is 2.22. The molecule has 0 spiro atoms. The summed E-state index contributed by atoms with van der Waals surface area (Å²) in [5, 5.41) is 4.28. The molecule has 0 aromatic heterocycles. The minimum absolute atomic E-state index is 0.532. The van der Waals surface area contributed by atoms with Crippen molar-refractivity contribution in [2.75, 3.05) is 5.32 Å². The Morgan fingerprint density at radius 3 is 2.73 bits per heavy atom. The van der Waals surface area contributed by atoms with E-state index in [-0.39, 0.29) is 0 Å². The van der Waals surface area contributed by atoms with Gasteiger partial charge in [0.1, 0.15) is 0 Å². The Morgan fingerprint density at radius 1 is 1.40 bits per heavy atom. The van der Waals surface area contributed by atoms with Crippen LogP contribution in [-0.2, 0) is 0 Å². The van der Waals surface area contributed by atoms with Gasteiger partial charge in [-0.1, -0.05) is 31.9 Å². The molecule has 0 aliphatic carbocycles. The fourth-order valence-electron chi connectivity index (χ4n) is 1.55. The van der Waals surface area contributed by atoms with E-state index in [2.05, 4.69) is 35.1 Å². The minimum Gasteiger partial charge on any atom is -0.381 e. The number of benzene rings is 1. The topological polar surface area (TPSA) is 12.0 Å². The van der Waals surface area contributed by atoms with Crippen LogP contribution in [0.3, 0.4) is 0 Å². The molecule has 0 amide bonds. The van der Waals surface area contributed by atoms with Gasteiger partial charge < -0.3 is 5.32 Å². The van der Waals surface area contributed by atoms with Crippen LogP contribution in [-0.4, -0.2) is 6.04 Å². The molecule has 1 rings (SSSR count). The predicted molar refractivity (Wildman–Crippen MR) is 71.8 cm³/mol. The summed E-state index contributed by atoms with van der Waals surface area (Å²) >= 11 is 9.48. The second-order valence-electron chi connectivity index (χ2n) is 3.66. The molecule has 1 aromatic carbocycles. The van der Waals surface area contributed by atoms with Crippen molar-refractivity contribution < 1.29 is 0 Å². The highest BCUT2D eigenvalue weighted by Gasteiger charge is 2.07. The highest BCUT2D eigenvalue weighted by atomic mass is 79.9. The average molecular weight is 291 g/mol. The summed E-state index contributed by atoms with van der Waals surface area (Å²) in [6.45, 7) is 4.41. The molecular weight excluding hydrogens is 273 g/mol. The van der Waals surface area contributed by atoms with Crippen molar-refractivity contribution >= 4 is 33.2 Å². The molecule has 1 unspecified atom stereocenters. The maximum Gasteiger partial charge on any atom is 0.0501 e. The van der Waals surface area contributed by atoms with Gasteiger partial charge in [-0.05, 0) is 47.0 Å². The van der Waals surface area contributed by atoms with Crippen molar-refractivity contribution in [1.29, 1.82) is 0 Å². The summed E-state index contributed by atoms with van der Waals surface area (Å²) in [6, 6.07) is 6.36. The predicted octanol–water partition coefficient (Wildman–Crippen LogP) is 5.09. The highest BCUT2D eigenvalue weighted by Crippen LogP contribution is 2.27. The lowest BCUT2D eigenvalue weighted by Crippen LogP contribution is -2.18. The SMILES string of the molecule is CCCC(CC)Nc1cc(Cl)ccc1Br.